The Kier molecular flexibility index (Phi) is 4.99. The van der Waals surface area contributed by atoms with Crippen molar-refractivity contribution >= 4 is 11.3 Å². The van der Waals surface area contributed by atoms with Crippen LogP contribution in [0.5, 0.6) is 0 Å². The molecule has 0 aliphatic carbocycles. The van der Waals surface area contributed by atoms with E-state index in [0.717, 1.165) is 47.1 Å². The van der Waals surface area contributed by atoms with Crippen LogP contribution >= 0.6 is 11.3 Å². The van der Waals surface area contributed by atoms with Crippen molar-refractivity contribution in [1.82, 2.24) is 15.5 Å². The first kappa shape index (κ1) is 14.1. The Labute approximate surface area is 116 Å². The normalized spacial score (nSPS) is 10.9. The summed E-state index contributed by atoms with van der Waals surface area (Å²) in [6, 6.07) is 4.76. The van der Waals surface area contributed by atoms with Gasteiger partial charge in [-0.3, -0.25) is 0 Å². The van der Waals surface area contributed by atoms with Crippen LogP contribution in [0.4, 0.5) is 4.39 Å². The number of hydrogen-bond acceptors (Lipinski definition) is 4. The number of rotatable bonds is 6. The lowest BCUT2D eigenvalue weighted by molar-refractivity contribution is 0.627. The van der Waals surface area contributed by atoms with Gasteiger partial charge in [0, 0.05) is 18.5 Å². The molecule has 0 radical (unpaired) electrons. The van der Waals surface area contributed by atoms with Gasteiger partial charge in [0.25, 0.3) is 0 Å². The average Bonchev–Trinajstić information content (AvgIpc) is 2.83. The summed E-state index contributed by atoms with van der Waals surface area (Å²) < 4.78 is 13.1. The van der Waals surface area contributed by atoms with E-state index in [4.69, 9.17) is 0 Å². The second-order valence-electron chi connectivity index (χ2n) is 4.46. The van der Waals surface area contributed by atoms with Gasteiger partial charge in [0.15, 0.2) is 0 Å². The van der Waals surface area contributed by atoms with Gasteiger partial charge in [0.1, 0.15) is 15.8 Å². The number of aromatic nitrogens is 2. The third kappa shape index (κ3) is 3.81. The van der Waals surface area contributed by atoms with Crippen LogP contribution in [0.3, 0.4) is 0 Å². The maximum Gasteiger partial charge on any atom is 0.148 e. The Morgan fingerprint density at radius 2 is 2.11 bits per heavy atom. The zero-order valence-corrected chi connectivity index (χ0v) is 12.1. The van der Waals surface area contributed by atoms with E-state index >= 15 is 0 Å². The minimum absolute atomic E-state index is 0.213. The Hall–Kier alpha value is -1.33. The first-order chi connectivity index (χ1) is 9.20. The zero-order chi connectivity index (χ0) is 13.7. The van der Waals surface area contributed by atoms with Crippen molar-refractivity contribution in [3.63, 3.8) is 0 Å². The first-order valence-corrected chi connectivity index (χ1v) is 7.32. The summed E-state index contributed by atoms with van der Waals surface area (Å²) in [5.74, 6) is -0.213. The van der Waals surface area contributed by atoms with Crippen LogP contribution in [0.25, 0.3) is 10.6 Å². The maximum absolute atomic E-state index is 13.1. The highest BCUT2D eigenvalue weighted by atomic mass is 32.1. The summed E-state index contributed by atoms with van der Waals surface area (Å²) in [5.41, 5.74) is 1.86. The summed E-state index contributed by atoms with van der Waals surface area (Å²) in [4.78, 5) is 0. The highest BCUT2D eigenvalue weighted by Crippen LogP contribution is 2.27. The van der Waals surface area contributed by atoms with E-state index in [1.165, 1.54) is 12.1 Å². The lowest BCUT2D eigenvalue weighted by Crippen LogP contribution is -2.17. The van der Waals surface area contributed by atoms with Gasteiger partial charge in [-0.1, -0.05) is 18.3 Å². The molecular weight excluding hydrogens is 261 g/mol. The van der Waals surface area contributed by atoms with Crippen molar-refractivity contribution in [2.24, 2.45) is 0 Å². The van der Waals surface area contributed by atoms with Crippen LogP contribution in [-0.2, 0) is 6.42 Å². The molecule has 0 bridgehead atoms. The first-order valence-electron chi connectivity index (χ1n) is 6.50. The molecule has 0 aliphatic heterocycles. The van der Waals surface area contributed by atoms with Crippen LogP contribution in [0.15, 0.2) is 18.2 Å². The Morgan fingerprint density at radius 1 is 1.26 bits per heavy atom. The van der Waals surface area contributed by atoms with Gasteiger partial charge in [-0.15, -0.1) is 10.2 Å². The topological polar surface area (TPSA) is 37.8 Å². The molecule has 3 nitrogen and oxygen atoms in total. The van der Waals surface area contributed by atoms with Crippen molar-refractivity contribution in [3.8, 4) is 10.6 Å². The quantitative estimate of drug-likeness (QED) is 0.825. The maximum atomic E-state index is 13.1. The molecule has 0 amide bonds. The Balaban J connectivity index is 2.04. The molecule has 1 aromatic carbocycles. The van der Waals surface area contributed by atoms with Crippen molar-refractivity contribution in [2.45, 2.75) is 26.7 Å². The van der Waals surface area contributed by atoms with Gasteiger partial charge >= 0.3 is 0 Å². The predicted molar refractivity (Wildman–Crippen MR) is 76.9 cm³/mol. The molecule has 102 valence electrons. The van der Waals surface area contributed by atoms with Crippen LogP contribution in [0.2, 0.25) is 0 Å². The Bertz CT molecular complexity index is 539. The molecular formula is C14H18FN3S. The Morgan fingerprint density at radius 3 is 2.84 bits per heavy atom. The summed E-state index contributed by atoms with van der Waals surface area (Å²) in [6.07, 6.45) is 2.02. The lowest BCUT2D eigenvalue weighted by atomic mass is 10.1. The van der Waals surface area contributed by atoms with Gasteiger partial charge in [-0.05, 0) is 43.7 Å². The van der Waals surface area contributed by atoms with E-state index in [1.807, 2.05) is 6.92 Å². The summed E-state index contributed by atoms with van der Waals surface area (Å²) >= 11 is 1.58. The van der Waals surface area contributed by atoms with Gasteiger partial charge in [-0.2, -0.15) is 0 Å². The molecule has 1 N–H and O–H groups in total. The summed E-state index contributed by atoms with van der Waals surface area (Å²) in [6.45, 7) is 5.99. The van der Waals surface area contributed by atoms with Crippen LogP contribution < -0.4 is 5.32 Å². The molecule has 0 aliphatic rings. The predicted octanol–water partition coefficient (Wildman–Crippen LogP) is 3.19. The number of nitrogens with one attached hydrogen (secondary N) is 1. The number of aryl methyl sites for hydroxylation is 1. The van der Waals surface area contributed by atoms with Crippen molar-refractivity contribution in [2.75, 3.05) is 13.1 Å². The van der Waals surface area contributed by atoms with Gasteiger partial charge in [0.2, 0.25) is 0 Å². The molecule has 0 unspecified atom stereocenters. The van der Waals surface area contributed by atoms with Crippen LogP contribution in [0, 0.1) is 12.7 Å². The van der Waals surface area contributed by atoms with Gasteiger partial charge in [0.05, 0.1) is 0 Å². The third-order valence-corrected chi connectivity index (χ3v) is 3.84. The average molecular weight is 279 g/mol. The van der Waals surface area contributed by atoms with E-state index in [2.05, 4.69) is 22.4 Å². The molecule has 5 heteroatoms. The van der Waals surface area contributed by atoms with Gasteiger partial charge < -0.3 is 5.32 Å². The van der Waals surface area contributed by atoms with E-state index in [1.54, 1.807) is 17.4 Å². The second-order valence-corrected chi connectivity index (χ2v) is 5.52. The molecule has 0 fully saturated rings. The van der Waals surface area contributed by atoms with Gasteiger partial charge in [-0.25, -0.2) is 4.39 Å². The third-order valence-electron chi connectivity index (χ3n) is 2.83. The number of hydrogen-bond donors (Lipinski definition) is 1. The van der Waals surface area contributed by atoms with Crippen molar-refractivity contribution < 1.29 is 4.39 Å². The molecule has 2 aromatic rings. The monoisotopic (exact) mass is 279 g/mol. The van der Waals surface area contributed by atoms with E-state index in [9.17, 15) is 4.39 Å². The smallest absolute Gasteiger partial charge is 0.148 e. The molecule has 1 heterocycles. The fourth-order valence-electron chi connectivity index (χ4n) is 1.83. The van der Waals surface area contributed by atoms with E-state index in [0.29, 0.717) is 0 Å². The molecule has 1 aromatic heterocycles. The SMILES string of the molecule is CCCNCCc1nnc(-c2ccc(F)cc2C)s1. The fourth-order valence-corrected chi connectivity index (χ4v) is 2.76. The number of benzene rings is 1. The summed E-state index contributed by atoms with van der Waals surface area (Å²) in [5, 5.41) is 13.6. The lowest BCUT2D eigenvalue weighted by Gasteiger charge is -2.01. The standard InChI is InChI=1S/C14H18FN3S/c1-3-7-16-8-6-13-17-18-14(19-13)12-5-4-11(15)9-10(12)2/h4-5,9,16H,3,6-8H2,1-2H3. The van der Waals surface area contributed by atoms with E-state index < -0.39 is 0 Å². The molecule has 2 rings (SSSR count). The molecule has 0 saturated heterocycles. The summed E-state index contributed by atoms with van der Waals surface area (Å²) in [7, 11) is 0. The molecule has 0 saturated carbocycles. The highest BCUT2D eigenvalue weighted by molar-refractivity contribution is 7.14. The van der Waals surface area contributed by atoms with Crippen molar-refractivity contribution in [1.29, 1.82) is 0 Å². The van der Waals surface area contributed by atoms with Crippen molar-refractivity contribution in [3.05, 3.63) is 34.6 Å². The number of nitrogens with zero attached hydrogens (tertiary/aromatic N) is 2. The fraction of sp³-hybridized carbons (Fsp3) is 0.429. The van der Waals surface area contributed by atoms with E-state index in [-0.39, 0.29) is 5.82 Å². The minimum atomic E-state index is -0.213. The number of halogens is 1. The van der Waals surface area contributed by atoms with Crippen LogP contribution in [-0.4, -0.2) is 23.3 Å². The second kappa shape index (κ2) is 6.73. The highest BCUT2D eigenvalue weighted by Gasteiger charge is 2.09. The zero-order valence-electron chi connectivity index (χ0n) is 11.2. The minimum Gasteiger partial charge on any atom is -0.316 e. The molecule has 0 atom stereocenters. The molecule has 0 spiro atoms. The molecule has 19 heavy (non-hydrogen) atoms. The largest absolute Gasteiger partial charge is 0.316 e. The van der Waals surface area contributed by atoms with Crippen LogP contribution in [0.1, 0.15) is 23.9 Å².